The zero-order valence-electron chi connectivity index (χ0n) is 19.7. The first-order valence-electron chi connectivity index (χ1n) is 7.35. The summed E-state index contributed by atoms with van der Waals surface area (Å²) in [4.78, 5) is 0. The summed E-state index contributed by atoms with van der Waals surface area (Å²) in [6.45, 7) is 12.6. The monoisotopic (exact) mass is 1500 g/mol. The first kappa shape index (κ1) is 83.7. The van der Waals surface area contributed by atoms with Crippen LogP contribution in [-0.2, 0) is 259 Å². The smallest absolute Gasteiger partial charge is 0.00641 e. The molecule has 6 radical (unpaired) electrons. The molecular formula is C16H38P6W3Y6. The number of hydrogen-bond donors (Lipinski definition) is 0. The molecule has 0 aliphatic carbocycles. The van der Waals surface area contributed by atoms with Gasteiger partial charge in [0.25, 0.3) is 0 Å². The minimum atomic E-state index is -0.294. The second-order valence-electron chi connectivity index (χ2n) is 3.94. The van der Waals surface area contributed by atoms with Crippen LogP contribution in [0.25, 0.3) is 0 Å². The molecule has 0 fully saturated rings. The van der Waals surface area contributed by atoms with Gasteiger partial charge in [-0.05, 0) is 24.4 Å². The summed E-state index contributed by atoms with van der Waals surface area (Å²) < 4.78 is 0. The van der Waals surface area contributed by atoms with E-state index < -0.39 is 0 Å². The maximum atomic E-state index is 4.16. The van der Waals surface area contributed by atoms with Crippen molar-refractivity contribution < 1.29 is 259 Å². The summed E-state index contributed by atoms with van der Waals surface area (Å²) in [5.74, 6) is 3.90. The molecule has 0 aromatic heterocycles. The molecule has 0 aliphatic rings. The van der Waals surface area contributed by atoms with Gasteiger partial charge in [0.2, 0.25) is 0 Å². The average molecular weight is 1500 g/mol. The number of hydrogen-bond acceptors (Lipinski definition) is 0. The quantitative estimate of drug-likeness (QED) is 0.136. The molecule has 0 rings (SSSR count). The van der Waals surface area contributed by atoms with Crippen LogP contribution in [0.4, 0.5) is 0 Å². The van der Waals surface area contributed by atoms with E-state index in [4.69, 9.17) is 0 Å². The Morgan fingerprint density at radius 3 is 1.19 bits per heavy atom. The first-order chi connectivity index (χ1) is 10.5. The van der Waals surface area contributed by atoms with Crippen LogP contribution < -0.4 is 0 Å². The molecule has 0 spiro atoms. The molecule has 0 amide bonds. The summed E-state index contributed by atoms with van der Waals surface area (Å²) in [7, 11) is 4.42. The average Bonchev–Trinajstić information content (AvgIpc) is 2.55. The van der Waals surface area contributed by atoms with Gasteiger partial charge in [0.15, 0.2) is 0 Å². The SMILES string of the molecule is C=C.C=PCC.C=PCPCC.C=PC[PH](=C)C[PH](=C)CC.[W].[W].[W].[Y].[Y].[Y].[Y].[Y].[Y]. The molecule has 31 heavy (non-hydrogen) atoms. The summed E-state index contributed by atoms with van der Waals surface area (Å²) >= 11 is 0. The van der Waals surface area contributed by atoms with Crippen molar-refractivity contribution in [3.05, 3.63) is 13.2 Å². The topological polar surface area (TPSA) is 0 Å². The van der Waals surface area contributed by atoms with Gasteiger partial charge in [-0.2, -0.15) is 0 Å². The van der Waals surface area contributed by atoms with Gasteiger partial charge in [-0.15, -0.1) is 74.0 Å². The summed E-state index contributed by atoms with van der Waals surface area (Å²) in [5, 5.41) is 0. The number of rotatable bonds is 9. The Hall–Kier alpha value is 9.97. The van der Waals surface area contributed by atoms with Crippen LogP contribution in [-0.4, -0.2) is 67.7 Å². The molecule has 0 aromatic rings. The van der Waals surface area contributed by atoms with Crippen LogP contribution in [0.5, 0.6) is 0 Å². The van der Waals surface area contributed by atoms with Crippen LogP contribution in [0, 0.1) is 0 Å². The van der Waals surface area contributed by atoms with Crippen LogP contribution in [0.2, 0.25) is 0 Å². The van der Waals surface area contributed by atoms with Crippen molar-refractivity contribution in [2.75, 3.05) is 36.2 Å². The predicted molar refractivity (Wildman–Crippen MR) is 139 cm³/mol. The van der Waals surface area contributed by atoms with Crippen LogP contribution in [0.15, 0.2) is 13.2 Å². The molecule has 168 valence electrons. The van der Waals surface area contributed by atoms with Gasteiger partial charge in [0, 0.05) is 271 Å². The van der Waals surface area contributed by atoms with Crippen molar-refractivity contribution in [3.63, 3.8) is 0 Å². The van der Waals surface area contributed by atoms with Crippen molar-refractivity contribution in [2.45, 2.75) is 20.8 Å². The van der Waals surface area contributed by atoms with E-state index in [9.17, 15) is 0 Å². The van der Waals surface area contributed by atoms with Gasteiger partial charge in [-0.3, -0.25) is 0 Å². The fraction of sp³-hybridized carbons (Fsp3) is 0.562. The third-order valence-corrected chi connectivity index (χ3v) is 12.5. The normalized spacial score (nSPS) is 8.87. The zero-order chi connectivity index (χ0) is 18.2. The molecule has 3 atom stereocenters. The fourth-order valence-electron chi connectivity index (χ4n) is 0.883. The third kappa shape index (κ3) is 109. The Labute approximate surface area is 399 Å². The predicted octanol–water partition coefficient (Wildman–Crippen LogP) is 6.78. The molecule has 0 saturated carbocycles. The standard InChI is InChI=1S/C7H17P3.C4H10P2.C3H7P.C2H4.3W.6Y/c1-5-9(3)7-10(4)6-8-2;1-3-6-4-5-2;1-3-4-2;1-2;;;;;;;;;/h9-10H,2-7H2,1H3;6H,2-4H2,1H3;2-3H2,1H3;1-2H2;;;;;;;;;. The van der Waals surface area contributed by atoms with Crippen molar-refractivity contribution in [3.8, 4) is 0 Å². The van der Waals surface area contributed by atoms with Crippen LogP contribution in [0.3, 0.4) is 0 Å². The van der Waals surface area contributed by atoms with Gasteiger partial charge >= 0.3 is 0 Å². The first-order valence-corrected chi connectivity index (χ1v) is 16.8. The van der Waals surface area contributed by atoms with Gasteiger partial charge in [0.05, 0.1) is 0 Å². The molecule has 0 bridgehead atoms. The van der Waals surface area contributed by atoms with E-state index in [-0.39, 0.29) is 275 Å². The van der Waals surface area contributed by atoms with E-state index in [1.165, 1.54) is 60.8 Å². The van der Waals surface area contributed by atoms with Crippen molar-refractivity contribution in [1.82, 2.24) is 0 Å². The van der Waals surface area contributed by atoms with E-state index in [0.29, 0.717) is 0 Å². The largest absolute Gasteiger partial charge is 0.121 e. The maximum Gasteiger partial charge on any atom is 0.00641 e. The third-order valence-electron chi connectivity index (χ3n) is 2.03. The van der Waals surface area contributed by atoms with Gasteiger partial charge < -0.3 is 0 Å². The fourth-order valence-corrected chi connectivity index (χ4v) is 8.96. The molecule has 0 N–H and O–H groups in total. The molecule has 0 heterocycles. The van der Waals surface area contributed by atoms with Gasteiger partial charge in [-0.25, -0.2) is 0 Å². The molecule has 0 nitrogen and oxygen atoms in total. The van der Waals surface area contributed by atoms with Crippen LogP contribution in [0.1, 0.15) is 20.8 Å². The Balaban J connectivity index is -0.0000000127. The Morgan fingerprint density at radius 1 is 0.677 bits per heavy atom. The Bertz CT molecular complexity index is 322. The van der Waals surface area contributed by atoms with Gasteiger partial charge in [-0.1, -0.05) is 39.7 Å². The zero-order valence-corrected chi connectivity index (χ0v) is 51.2. The summed E-state index contributed by atoms with van der Waals surface area (Å²) in [6, 6.07) is 0. The second kappa shape index (κ2) is 90.0. The van der Waals surface area contributed by atoms with Crippen molar-refractivity contribution in [1.29, 1.82) is 0 Å². The van der Waals surface area contributed by atoms with Crippen molar-refractivity contribution in [2.24, 2.45) is 0 Å². The Morgan fingerprint density at radius 2 is 1.03 bits per heavy atom. The minimum Gasteiger partial charge on any atom is -0.121 e. The van der Waals surface area contributed by atoms with Gasteiger partial charge in [0.1, 0.15) is 0 Å². The summed E-state index contributed by atoms with van der Waals surface area (Å²) in [6.07, 6.45) is 23.2. The summed E-state index contributed by atoms with van der Waals surface area (Å²) in [5.41, 5.74) is 0. The molecule has 0 saturated heterocycles. The molecule has 15 heteroatoms. The maximum absolute atomic E-state index is 4.16. The van der Waals surface area contributed by atoms with Crippen molar-refractivity contribution >= 4 is 79.8 Å². The van der Waals surface area contributed by atoms with E-state index in [1.54, 1.807) is 0 Å². The molecule has 0 aliphatic heterocycles. The van der Waals surface area contributed by atoms with Crippen LogP contribution >= 0.6 is 48.3 Å². The van der Waals surface area contributed by atoms with E-state index in [0.717, 1.165) is 8.58 Å². The molecule has 3 unspecified atom stereocenters. The second-order valence-corrected chi connectivity index (χ2v) is 14.8. The van der Waals surface area contributed by atoms with E-state index >= 15 is 0 Å². The minimum absolute atomic E-state index is 0. The Kier molecular flexibility index (Phi) is 243. The molecular weight excluding hydrogens is 1460 g/mol. The molecule has 0 aromatic carbocycles. The van der Waals surface area contributed by atoms with E-state index in [1.807, 2.05) is 0 Å². The van der Waals surface area contributed by atoms with E-state index in [2.05, 4.69) is 65.4 Å².